The number of aliphatic imine (C=N–C) groups is 1. The fraction of sp³-hybridized carbons (Fsp3) is 0.462. The van der Waals surface area contributed by atoms with Gasteiger partial charge in [-0.25, -0.2) is 4.79 Å². The Morgan fingerprint density at radius 3 is 2.24 bits per heavy atom. The molecule has 0 saturated heterocycles. The molecule has 5 atom stereocenters. The molecular formula is C26H39N9O7. The maximum Gasteiger partial charge on any atom is 0.326 e. The number of guanidine groups is 1. The lowest BCUT2D eigenvalue weighted by Gasteiger charge is -2.26. The maximum atomic E-state index is 13.1. The Kier molecular flexibility index (Phi) is 12.7. The molecule has 5 unspecified atom stereocenters. The number of hydrogen-bond acceptors (Lipinski definition) is 8. The molecule has 230 valence electrons. The van der Waals surface area contributed by atoms with E-state index in [1.165, 1.54) is 6.92 Å². The number of aliphatic carboxylic acids is 1. The molecule has 0 bridgehead atoms. The van der Waals surface area contributed by atoms with Crippen LogP contribution in [0.2, 0.25) is 0 Å². The summed E-state index contributed by atoms with van der Waals surface area (Å²) in [7, 11) is 0. The van der Waals surface area contributed by atoms with Gasteiger partial charge in [0.25, 0.3) is 0 Å². The maximum absolute atomic E-state index is 13.1. The summed E-state index contributed by atoms with van der Waals surface area (Å²) < 4.78 is 0. The van der Waals surface area contributed by atoms with Gasteiger partial charge >= 0.3 is 5.97 Å². The quantitative estimate of drug-likeness (QED) is 0.0516. The molecule has 2 aromatic rings. The van der Waals surface area contributed by atoms with Gasteiger partial charge in [-0.3, -0.25) is 24.2 Å². The van der Waals surface area contributed by atoms with Gasteiger partial charge in [0.1, 0.15) is 18.1 Å². The van der Waals surface area contributed by atoms with Gasteiger partial charge in [-0.15, -0.1) is 0 Å². The van der Waals surface area contributed by atoms with E-state index in [4.69, 9.17) is 22.9 Å². The lowest BCUT2D eigenvalue weighted by atomic mass is 10.0. The largest absolute Gasteiger partial charge is 0.480 e. The zero-order chi connectivity index (χ0) is 31.4. The van der Waals surface area contributed by atoms with Crippen molar-refractivity contribution in [2.24, 2.45) is 27.9 Å². The minimum absolute atomic E-state index is 0.0378. The van der Waals surface area contributed by atoms with Crippen LogP contribution in [0.15, 0.2) is 35.5 Å². The van der Waals surface area contributed by atoms with Gasteiger partial charge in [-0.1, -0.05) is 18.2 Å². The summed E-state index contributed by atoms with van der Waals surface area (Å²) in [5.74, 6) is -4.85. The Balaban J connectivity index is 2.10. The van der Waals surface area contributed by atoms with Crippen LogP contribution in [0.4, 0.5) is 0 Å². The van der Waals surface area contributed by atoms with Crippen LogP contribution in [-0.4, -0.2) is 87.6 Å². The van der Waals surface area contributed by atoms with Crippen LogP contribution in [0, 0.1) is 0 Å². The average Bonchev–Trinajstić information content (AvgIpc) is 3.32. The number of rotatable bonds is 17. The molecule has 0 fully saturated rings. The first-order valence-electron chi connectivity index (χ1n) is 13.3. The predicted molar refractivity (Wildman–Crippen MR) is 153 cm³/mol. The number of aromatic nitrogens is 1. The summed E-state index contributed by atoms with van der Waals surface area (Å²) in [6.45, 7) is 1.34. The third kappa shape index (κ3) is 10.4. The molecule has 1 aromatic carbocycles. The van der Waals surface area contributed by atoms with Crippen molar-refractivity contribution in [1.82, 2.24) is 20.9 Å². The molecular weight excluding hydrogens is 550 g/mol. The van der Waals surface area contributed by atoms with Crippen molar-refractivity contribution in [1.29, 1.82) is 0 Å². The van der Waals surface area contributed by atoms with E-state index >= 15 is 0 Å². The van der Waals surface area contributed by atoms with Crippen LogP contribution in [0.5, 0.6) is 0 Å². The number of para-hydroxylation sites is 1. The number of aliphatic hydroxyl groups excluding tert-OH is 1. The number of primary amides is 1. The second-order valence-electron chi connectivity index (χ2n) is 9.81. The molecule has 0 aliphatic carbocycles. The van der Waals surface area contributed by atoms with E-state index in [1.807, 2.05) is 24.3 Å². The number of nitrogens with two attached hydrogens (primary N) is 4. The number of fused-ring (bicyclic) bond motifs is 1. The number of aromatic amines is 1. The number of amides is 4. The van der Waals surface area contributed by atoms with Crippen molar-refractivity contribution in [3.63, 3.8) is 0 Å². The second kappa shape index (κ2) is 15.9. The second-order valence-corrected chi connectivity index (χ2v) is 9.81. The van der Waals surface area contributed by atoms with E-state index in [-0.39, 0.29) is 44.6 Å². The number of hydrogen-bond donors (Lipinski definition) is 10. The van der Waals surface area contributed by atoms with E-state index in [2.05, 4.69) is 25.9 Å². The third-order valence-electron chi connectivity index (χ3n) is 6.39. The fourth-order valence-electron chi connectivity index (χ4n) is 4.15. The number of carbonyl (C=O) groups is 5. The van der Waals surface area contributed by atoms with E-state index in [9.17, 15) is 34.2 Å². The zero-order valence-corrected chi connectivity index (χ0v) is 23.2. The van der Waals surface area contributed by atoms with Crippen molar-refractivity contribution in [3.8, 4) is 0 Å². The van der Waals surface area contributed by atoms with Crippen LogP contribution in [0.25, 0.3) is 10.9 Å². The summed E-state index contributed by atoms with van der Waals surface area (Å²) in [6, 6.07) is 2.07. The molecule has 0 radical (unpaired) electrons. The molecule has 16 heteroatoms. The minimum Gasteiger partial charge on any atom is -0.480 e. The Labute approximate surface area is 241 Å². The number of H-pyrrole nitrogens is 1. The summed E-state index contributed by atoms with van der Waals surface area (Å²) in [5.41, 5.74) is 23.5. The van der Waals surface area contributed by atoms with Crippen molar-refractivity contribution < 1.29 is 34.2 Å². The van der Waals surface area contributed by atoms with Gasteiger partial charge in [0, 0.05) is 30.1 Å². The first-order valence-corrected chi connectivity index (χ1v) is 13.3. The van der Waals surface area contributed by atoms with Crippen LogP contribution < -0.4 is 38.9 Å². The molecule has 16 nitrogen and oxygen atoms in total. The molecule has 14 N–H and O–H groups in total. The number of carbonyl (C=O) groups excluding carboxylic acids is 4. The van der Waals surface area contributed by atoms with E-state index < -0.39 is 59.9 Å². The lowest BCUT2D eigenvalue weighted by molar-refractivity contribution is -0.143. The molecule has 0 saturated carbocycles. The molecule has 42 heavy (non-hydrogen) atoms. The molecule has 0 spiro atoms. The van der Waals surface area contributed by atoms with Crippen LogP contribution in [0.1, 0.15) is 38.2 Å². The van der Waals surface area contributed by atoms with Gasteiger partial charge in [0.2, 0.25) is 23.6 Å². The van der Waals surface area contributed by atoms with Gasteiger partial charge < -0.3 is 54.1 Å². The SMILES string of the molecule is CC(O)C(NC(=O)C(CCC(N)=O)NC(=O)C(N)Cc1c[nH]c2ccccc12)C(=O)NC(CCCN=C(N)N)C(=O)O. The van der Waals surface area contributed by atoms with E-state index in [1.54, 1.807) is 6.20 Å². The van der Waals surface area contributed by atoms with Gasteiger partial charge in [0.05, 0.1) is 12.1 Å². The van der Waals surface area contributed by atoms with Gasteiger partial charge in [-0.2, -0.15) is 0 Å². The molecule has 1 aromatic heterocycles. The van der Waals surface area contributed by atoms with Crippen molar-refractivity contribution in [3.05, 3.63) is 36.0 Å². The van der Waals surface area contributed by atoms with Gasteiger partial charge in [0.15, 0.2) is 5.96 Å². The average molecular weight is 590 g/mol. The standard InChI is InChI=1S/C26H39N9O7/c1-13(36)21(24(40)34-19(25(41)42)7-4-10-31-26(29)30)35-23(39)18(8-9-20(28)37)33-22(38)16(27)11-14-12-32-17-6-3-2-5-15(14)17/h2-3,5-6,12-13,16,18-19,21,32,36H,4,7-11,27H2,1H3,(H2,28,37)(H,33,38)(H,34,40)(H,35,39)(H,41,42)(H4,29,30,31). The van der Waals surface area contributed by atoms with Gasteiger partial charge in [-0.05, 0) is 44.2 Å². The monoisotopic (exact) mass is 589 g/mol. The number of carboxylic acid groups (broad SMARTS) is 1. The number of nitrogens with zero attached hydrogens (tertiary/aromatic N) is 1. The summed E-state index contributed by atoms with van der Waals surface area (Å²) >= 11 is 0. The highest BCUT2D eigenvalue weighted by atomic mass is 16.4. The number of benzene rings is 1. The van der Waals surface area contributed by atoms with Crippen molar-refractivity contribution in [2.45, 2.75) is 69.3 Å². The predicted octanol–water partition coefficient (Wildman–Crippen LogP) is -2.72. The van der Waals surface area contributed by atoms with Crippen molar-refractivity contribution >= 4 is 46.5 Å². The Morgan fingerprint density at radius 1 is 0.952 bits per heavy atom. The fourth-order valence-corrected chi connectivity index (χ4v) is 4.15. The van der Waals surface area contributed by atoms with Crippen LogP contribution in [0.3, 0.4) is 0 Å². The molecule has 2 rings (SSSR count). The Morgan fingerprint density at radius 2 is 1.62 bits per heavy atom. The number of carboxylic acids is 1. The zero-order valence-electron chi connectivity index (χ0n) is 23.2. The minimum atomic E-state index is -1.59. The Hall–Kier alpha value is -4.70. The molecule has 4 amide bonds. The molecule has 0 aliphatic heterocycles. The van der Waals surface area contributed by atoms with Crippen molar-refractivity contribution in [2.75, 3.05) is 6.54 Å². The third-order valence-corrected chi connectivity index (χ3v) is 6.39. The normalized spacial score (nSPS) is 14.5. The van der Waals surface area contributed by atoms with Crippen LogP contribution in [-0.2, 0) is 30.4 Å². The van der Waals surface area contributed by atoms with Crippen LogP contribution >= 0.6 is 0 Å². The highest BCUT2D eigenvalue weighted by molar-refractivity contribution is 5.95. The van der Waals surface area contributed by atoms with E-state index in [0.717, 1.165) is 16.5 Å². The Bertz CT molecular complexity index is 1290. The number of nitrogens with one attached hydrogen (secondary N) is 4. The number of aliphatic hydroxyl groups is 1. The summed E-state index contributed by atoms with van der Waals surface area (Å²) in [6.07, 6.45) is 0.0962. The summed E-state index contributed by atoms with van der Waals surface area (Å²) in [4.78, 5) is 68.9. The first kappa shape index (κ1) is 33.5. The highest BCUT2D eigenvalue weighted by Crippen LogP contribution is 2.19. The summed E-state index contributed by atoms with van der Waals surface area (Å²) in [5, 5.41) is 27.6. The van der Waals surface area contributed by atoms with E-state index in [0.29, 0.717) is 0 Å². The molecule has 0 aliphatic rings. The topological polar surface area (TPSA) is 294 Å². The smallest absolute Gasteiger partial charge is 0.326 e. The highest BCUT2D eigenvalue weighted by Gasteiger charge is 2.33. The lowest BCUT2D eigenvalue weighted by Crippen LogP contribution is -2.60. The first-order chi connectivity index (χ1) is 19.8. The molecule has 1 heterocycles.